The van der Waals surface area contributed by atoms with E-state index >= 15 is 0 Å². The predicted octanol–water partition coefficient (Wildman–Crippen LogP) is 1.25. The Morgan fingerprint density at radius 3 is 2.53 bits per heavy atom. The van der Waals surface area contributed by atoms with Gasteiger partial charge in [-0.25, -0.2) is 4.79 Å². The minimum Gasteiger partial charge on any atom is -0.465 e. The average Bonchev–Trinajstić information content (AvgIpc) is 2.25. The molecule has 0 bridgehead atoms. The Morgan fingerprint density at radius 1 is 1.33 bits per heavy atom. The van der Waals surface area contributed by atoms with Crippen LogP contribution < -0.4 is 5.32 Å². The van der Waals surface area contributed by atoms with Gasteiger partial charge in [0.05, 0.1) is 12.6 Å². The molecule has 0 saturated heterocycles. The molecule has 0 radical (unpaired) electrons. The van der Waals surface area contributed by atoms with Gasteiger partial charge in [0.1, 0.15) is 0 Å². The lowest BCUT2D eigenvalue weighted by Gasteiger charge is -2.13. The molecular weight excluding hydrogens is 194 g/mol. The molecule has 15 heavy (non-hydrogen) atoms. The largest absolute Gasteiger partial charge is 0.465 e. The Kier molecular flexibility index (Phi) is 4.63. The first-order valence-corrected chi connectivity index (χ1v) is 4.86. The molecule has 0 aromatic heterocycles. The van der Waals surface area contributed by atoms with Crippen LogP contribution in [0.3, 0.4) is 0 Å². The van der Waals surface area contributed by atoms with Crippen molar-refractivity contribution in [3.8, 4) is 0 Å². The summed E-state index contributed by atoms with van der Waals surface area (Å²) in [6.45, 7) is -0.168. The predicted molar refractivity (Wildman–Crippen MR) is 56.8 cm³/mol. The van der Waals surface area contributed by atoms with Crippen LogP contribution in [0.4, 0.5) is 4.79 Å². The van der Waals surface area contributed by atoms with Crippen LogP contribution in [0, 0.1) is 0 Å². The minimum atomic E-state index is -1.10. The summed E-state index contributed by atoms with van der Waals surface area (Å²) in [6.07, 6.45) is 0.265. The second kappa shape index (κ2) is 6.03. The van der Waals surface area contributed by atoms with Gasteiger partial charge in [-0.1, -0.05) is 30.3 Å². The van der Waals surface area contributed by atoms with Gasteiger partial charge in [-0.3, -0.25) is 0 Å². The first-order chi connectivity index (χ1) is 7.22. The highest BCUT2D eigenvalue weighted by Crippen LogP contribution is 2.04. The quantitative estimate of drug-likeness (QED) is 0.683. The van der Waals surface area contributed by atoms with Gasteiger partial charge in [0.15, 0.2) is 0 Å². The lowest BCUT2D eigenvalue weighted by molar-refractivity contribution is 0.175. The number of amides is 1. The highest BCUT2D eigenvalue weighted by Gasteiger charge is 2.09. The summed E-state index contributed by atoms with van der Waals surface area (Å²) in [6, 6.07) is 9.39. The molecule has 82 valence electrons. The molecule has 0 heterocycles. The van der Waals surface area contributed by atoms with E-state index in [-0.39, 0.29) is 12.6 Å². The summed E-state index contributed by atoms with van der Waals surface area (Å²) in [5.74, 6) is 0. The zero-order valence-corrected chi connectivity index (χ0v) is 8.39. The summed E-state index contributed by atoms with van der Waals surface area (Å²) >= 11 is 0. The Balaban J connectivity index is 2.37. The minimum absolute atomic E-state index is 0.168. The van der Waals surface area contributed by atoms with Crippen molar-refractivity contribution in [3.05, 3.63) is 35.9 Å². The van der Waals surface area contributed by atoms with Crippen molar-refractivity contribution in [1.29, 1.82) is 0 Å². The lowest BCUT2D eigenvalue weighted by atomic mass is 10.1. The fraction of sp³-hybridized carbons (Fsp3) is 0.364. The van der Waals surface area contributed by atoms with E-state index in [4.69, 9.17) is 10.2 Å². The zero-order valence-electron chi connectivity index (χ0n) is 8.39. The summed E-state index contributed by atoms with van der Waals surface area (Å²) in [5.41, 5.74) is 1.14. The van der Waals surface area contributed by atoms with E-state index in [0.29, 0.717) is 6.42 Å². The molecule has 4 heteroatoms. The molecule has 4 nitrogen and oxygen atoms in total. The monoisotopic (exact) mass is 209 g/mol. The third kappa shape index (κ3) is 4.46. The molecule has 0 saturated carbocycles. The van der Waals surface area contributed by atoms with Gasteiger partial charge in [0, 0.05) is 0 Å². The van der Waals surface area contributed by atoms with Gasteiger partial charge in [0.25, 0.3) is 0 Å². The topological polar surface area (TPSA) is 69.6 Å². The van der Waals surface area contributed by atoms with Crippen LogP contribution in [0.2, 0.25) is 0 Å². The van der Waals surface area contributed by atoms with E-state index in [9.17, 15) is 4.79 Å². The summed E-state index contributed by atoms with van der Waals surface area (Å²) in [4.78, 5) is 10.4. The Morgan fingerprint density at radius 2 is 2.00 bits per heavy atom. The van der Waals surface area contributed by atoms with Crippen LogP contribution in [0.25, 0.3) is 0 Å². The molecule has 3 N–H and O–H groups in total. The molecule has 1 unspecified atom stereocenters. The third-order valence-electron chi connectivity index (χ3n) is 2.17. The smallest absolute Gasteiger partial charge is 0.404 e. The SMILES string of the molecule is O=C(O)NC(CO)CCc1ccccc1. The van der Waals surface area contributed by atoms with Gasteiger partial charge in [-0.2, -0.15) is 0 Å². The second-order valence-electron chi connectivity index (χ2n) is 3.35. The number of carbonyl (C=O) groups is 1. The number of hydrogen-bond acceptors (Lipinski definition) is 2. The standard InChI is InChI=1S/C11H15NO3/c13-8-10(12-11(14)15)7-6-9-4-2-1-3-5-9/h1-5,10,12-13H,6-8H2,(H,14,15). The Labute approximate surface area is 88.6 Å². The first-order valence-electron chi connectivity index (χ1n) is 4.86. The second-order valence-corrected chi connectivity index (χ2v) is 3.35. The maximum Gasteiger partial charge on any atom is 0.404 e. The van der Waals surface area contributed by atoms with E-state index in [0.717, 1.165) is 12.0 Å². The van der Waals surface area contributed by atoms with Crippen molar-refractivity contribution >= 4 is 6.09 Å². The van der Waals surface area contributed by atoms with Crippen molar-refractivity contribution in [3.63, 3.8) is 0 Å². The molecule has 1 rings (SSSR count). The number of carboxylic acid groups (broad SMARTS) is 1. The highest BCUT2D eigenvalue weighted by atomic mass is 16.4. The molecular formula is C11H15NO3. The summed E-state index contributed by atoms with van der Waals surface area (Å²) in [7, 11) is 0. The van der Waals surface area contributed by atoms with Crippen molar-refractivity contribution in [1.82, 2.24) is 5.32 Å². The van der Waals surface area contributed by atoms with Crippen LogP contribution >= 0.6 is 0 Å². The number of hydrogen-bond donors (Lipinski definition) is 3. The highest BCUT2D eigenvalue weighted by molar-refractivity contribution is 5.64. The van der Waals surface area contributed by atoms with E-state index < -0.39 is 6.09 Å². The molecule has 1 aromatic carbocycles. The van der Waals surface area contributed by atoms with Crippen LogP contribution in [-0.4, -0.2) is 29.0 Å². The molecule has 1 aromatic rings. The number of aliphatic hydroxyl groups is 1. The zero-order chi connectivity index (χ0) is 11.1. The average molecular weight is 209 g/mol. The molecule has 0 aliphatic rings. The fourth-order valence-corrected chi connectivity index (χ4v) is 1.37. The van der Waals surface area contributed by atoms with Gasteiger partial charge in [0.2, 0.25) is 0 Å². The number of aliphatic hydroxyl groups excluding tert-OH is 1. The Bertz CT molecular complexity index is 300. The maximum absolute atomic E-state index is 10.4. The van der Waals surface area contributed by atoms with Crippen LogP contribution in [0.5, 0.6) is 0 Å². The van der Waals surface area contributed by atoms with Gasteiger partial charge < -0.3 is 15.5 Å². The summed E-state index contributed by atoms with van der Waals surface area (Å²) < 4.78 is 0. The van der Waals surface area contributed by atoms with Crippen LogP contribution in [0.1, 0.15) is 12.0 Å². The van der Waals surface area contributed by atoms with Crippen LogP contribution in [0.15, 0.2) is 30.3 Å². The van der Waals surface area contributed by atoms with Crippen LogP contribution in [-0.2, 0) is 6.42 Å². The molecule has 0 aliphatic carbocycles. The van der Waals surface area contributed by atoms with Crippen molar-refractivity contribution in [2.75, 3.05) is 6.61 Å². The van der Waals surface area contributed by atoms with E-state index in [2.05, 4.69) is 5.32 Å². The lowest BCUT2D eigenvalue weighted by Crippen LogP contribution is -2.36. The van der Waals surface area contributed by atoms with Crippen molar-refractivity contribution in [2.45, 2.75) is 18.9 Å². The van der Waals surface area contributed by atoms with Gasteiger partial charge in [-0.05, 0) is 18.4 Å². The number of nitrogens with one attached hydrogen (secondary N) is 1. The first kappa shape index (κ1) is 11.5. The number of benzene rings is 1. The third-order valence-corrected chi connectivity index (χ3v) is 2.17. The van der Waals surface area contributed by atoms with E-state index in [1.54, 1.807) is 0 Å². The van der Waals surface area contributed by atoms with Gasteiger partial charge >= 0.3 is 6.09 Å². The van der Waals surface area contributed by atoms with Crippen molar-refractivity contribution < 1.29 is 15.0 Å². The normalized spacial score (nSPS) is 12.1. The number of aryl methyl sites for hydroxylation is 1. The van der Waals surface area contributed by atoms with E-state index in [1.807, 2.05) is 30.3 Å². The fourth-order valence-electron chi connectivity index (χ4n) is 1.37. The maximum atomic E-state index is 10.4. The van der Waals surface area contributed by atoms with Crippen molar-refractivity contribution in [2.24, 2.45) is 0 Å². The summed E-state index contributed by atoms with van der Waals surface area (Å²) in [5, 5.41) is 19.7. The molecule has 1 amide bonds. The molecule has 0 aliphatic heterocycles. The molecule has 0 fully saturated rings. The number of rotatable bonds is 5. The van der Waals surface area contributed by atoms with E-state index in [1.165, 1.54) is 0 Å². The molecule has 1 atom stereocenters. The molecule has 0 spiro atoms. The Hall–Kier alpha value is -1.55. The van der Waals surface area contributed by atoms with Gasteiger partial charge in [-0.15, -0.1) is 0 Å².